The number of aromatic nitrogens is 4. The van der Waals surface area contributed by atoms with Crippen LogP contribution in [0, 0.1) is 5.82 Å². The van der Waals surface area contributed by atoms with E-state index in [0.29, 0.717) is 30.2 Å². The van der Waals surface area contributed by atoms with Crippen LogP contribution in [0.1, 0.15) is 22.8 Å². The molecule has 0 radical (unpaired) electrons. The van der Waals surface area contributed by atoms with Gasteiger partial charge in [-0.2, -0.15) is 0 Å². The van der Waals surface area contributed by atoms with E-state index in [1.807, 2.05) is 54.6 Å². The van der Waals surface area contributed by atoms with E-state index in [4.69, 9.17) is 14.5 Å². The van der Waals surface area contributed by atoms with Gasteiger partial charge in [-0.05, 0) is 54.4 Å². The van der Waals surface area contributed by atoms with Crippen molar-refractivity contribution in [3.63, 3.8) is 0 Å². The Kier molecular flexibility index (Phi) is 6.26. The molecule has 6 nitrogen and oxygen atoms in total. The third kappa shape index (κ3) is 4.89. The molecule has 0 spiro atoms. The fourth-order valence-electron chi connectivity index (χ4n) is 4.92. The number of fused-ring (bicyclic) bond motifs is 2. The maximum Gasteiger partial charge on any atom is 0.214 e. The van der Waals surface area contributed by atoms with Crippen LogP contribution in [0.5, 0.6) is 5.88 Å². The number of halogens is 1. The fourth-order valence-corrected chi connectivity index (χ4v) is 5.80. The van der Waals surface area contributed by atoms with Gasteiger partial charge in [0.2, 0.25) is 5.88 Å². The van der Waals surface area contributed by atoms with E-state index < -0.39 is 0 Å². The molecule has 1 aliphatic rings. The SMILES string of the molecule is Fc1cc(Cc2nc3ccccc3n2C[C@@H]2CCO2)ccc1-c1cccc(OCc2nc3ccccc3s2)n1. The predicted molar refractivity (Wildman–Crippen MR) is 150 cm³/mol. The van der Waals surface area contributed by atoms with Crippen LogP contribution >= 0.6 is 11.3 Å². The summed E-state index contributed by atoms with van der Waals surface area (Å²) in [7, 11) is 0. The van der Waals surface area contributed by atoms with Crippen molar-refractivity contribution < 1.29 is 13.9 Å². The van der Waals surface area contributed by atoms with E-state index in [1.54, 1.807) is 35.6 Å². The third-order valence-corrected chi connectivity index (χ3v) is 8.00. The van der Waals surface area contributed by atoms with Gasteiger partial charge < -0.3 is 14.0 Å². The molecule has 7 rings (SSSR count). The van der Waals surface area contributed by atoms with Crippen molar-refractivity contribution in [3.05, 3.63) is 107 Å². The van der Waals surface area contributed by atoms with Crippen LogP contribution in [-0.4, -0.2) is 32.2 Å². The number of nitrogens with zero attached hydrogens (tertiary/aromatic N) is 4. The van der Waals surface area contributed by atoms with Crippen LogP contribution in [0.15, 0.2) is 84.9 Å². The molecule has 0 amide bonds. The Labute approximate surface area is 228 Å². The number of benzene rings is 3. The van der Waals surface area contributed by atoms with E-state index in [-0.39, 0.29) is 11.9 Å². The fraction of sp³-hybridized carbons (Fsp3) is 0.194. The lowest BCUT2D eigenvalue weighted by Crippen LogP contribution is -2.31. The van der Waals surface area contributed by atoms with Gasteiger partial charge in [0.05, 0.1) is 39.6 Å². The maximum absolute atomic E-state index is 15.4. The molecule has 0 bridgehead atoms. The number of hydrogen-bond acceptors (Lipinski definition) is 6. The molecule has 194 valence electrons. The summed E-state index contributed by atoms with van der Waals surface area (Å²) in [4.78, 5) is 14.0. The van der Waals surface area contributed by atoms with Crippen molar-refractivity contribution in [2.75, 3.05) is 6.61 Å². The minimum Gasteiger partial charge on any atom is -0.470 e. The highest BCUT2D eigenvalue weighted by Crippen LogP contribution is 2.28. The summed E-state index contributed by atoms with van der Waals surface area (Å²) in [5, 5.41) is 0.869. The van der Waals surface area contributed by atoms with Crippen LogP contribution in [0.25, 0.3) is 32.5 Å². The van der Waals surface area contributed by atoms with Crippen molar-refractivity contribution in [1.82, 2.24) is 19.5 Å². The molecule has 1 saturated heterocycles. The quantitative estimate of drug-likeness (QED) is 0.214. The number of thiazole rings is 1. The average Bonchev–Trinajstić information content (AvgIpc) is 3.50. The molecule has 6 aromatic rings. The Bertz CT molecular complexity index is 1760. The zero-order chi connectivity index (χ0) is 26.2. The van der Waals surface area contributed by atoms with E-state index in [1.165, 1.54) is 0 Å². The van der Waals surface area contributed by atoms with Gasteiger partial charge >= 0.3 is 0 Å². The first-order chi connectivity index (χ1) is 19.2. The zero-order valence-electron chi connectivity index (χ0n) is 21.1. The number of imidazole rings is 1. The molecule has 3 aromatic heterocycles. The predicted octanol–water partition coefficient (Wildman–Crippen LogP) is 6.81. The summed E-state index contributed by atoms with van der Waals surface area (Å²) in [6, 6.07) is 26.8. The molecule has 8 heteroatoms. The number of rotatable bonds is 8. The second-order valence-electron chi connectivity index (χ2n) is 9.62. The van der Waals surface area contributed by atoms with E-state index >= 15 is 4.39 Å². The Morgan fingerprint density at radius 1 is 0.923 bits per heavy atom. The Balaban J connectivity index is 1.10. The van der Waals surface area contributed by atoms with Crippen molar-refractivity contribution in [1.29, 1.82) is 0 Å². The first kappa shape index (κ1) is 23.9. The minimum atomic E-state index is -0.326. The first-order valence-electron chi connectivity index (χ1n) is 13.0. The highest BCUT2D eigenvalue weighted by atomic mass is 32.1. The molecule has 1 aliphatic heterocycles. The van der Waals surface area contributed by atoms with Crippen molar-refractivity contribution in [2.24, 2.45) is 0 Å². The molecule has 1 atom stereocenters. The Hall–Kier alpha value is -4.14. The third-order valence-electron chi connectivity index (χ3n) is 6.99. The van der Waals surface area contributed by atoms with Crippen LogP contribution in [-0.2, 0) is 24.3 Å². The zero-order valence-corrected chi connectivity index (χ0v) is 21.9. The van der Waals surface area contributed by atoms with Crippen LogP contribution in [0.2, 0.25) is 0 Å². The van der Waals surface area contributed by atoms with E-state index in [2.05, 4.69) is 20.6 Å². The van der Waals surface area contributed by atoms with Gasteiger partial charge in [0.25, 0.3) is 0 Å². The van der Waals surface area contributed by atoms with Gasteiger partial charge in [0.15, 0.2) is 0 Å². The number of ether oxygens (including phenoxy) is 2. The number of hydrogen-bond donors (Lipinski definition) is 0. The molecule has 0 saturated carbocycles. The summed E-state index contributed by atoms with van der Waals surface area (Å²) in [5.74, 6) is 1.01. The maximum atomic E-state index is 15.4. The standard InChI is InChI=1S/C31H25FN4O2S/c32-23-16-20(17-29-33-25-6-1-3-9-27(25)36(29)18-21-14-15-37-21)12-13-22(23)24-8-5-11-30(34-24)38-19-31-35-26-7-2-4-10-28(26)39-31/h1-13,16,21H,14-15,17-19H2/t21-/m0/s1. The van der Waals surface area contributed by atoms with Gasteiger partial charge in [-0.1, -0.05) is 36.4 Å². The van der Waals surface area contributed by atoms with Crippen LogP contribution < -0.4 is 4.74 Å². The summed E-state index contributed by atoms with van der Waals surface area (Å²) in [6.45, 7) is 1.87. The second kappa shape index (κ2) is 10.2. The molecule has 0 aliphatic carbocycles. The average molecular weight is 537 g/mol. The summed E-state index contributed by atoms with van der Waals surface area (Å²) >= 11 is 1.59. The molecule has 39 heavy (non-hydrogen) atoms. The normalized spacial score (nSPS) is 15.1. The van der Waals surface area contributed by atoms with Crippen LogP contribution in [0.3, 0.4) is 0 Å². The summed E-state index contributed by atoms with van der Waals surface area (Å²) in [5.41, 5.74) is 4.78. The van der Waals surface area contributed by atoms with Gasteiger partial charge in [-0.3, -0.25) is 0 Å². The highest BCUT2D eigenvalue weighted by Gasteiger charge is 2.22. The Morgan fingerprint density at radius 3 is 2.59 bits per heavy atom. The monoisotopic (exact) mass is 536 g/mol. The second-order valence-corrected chi connectivity index (χ2v) is 10.7. The van der Waals surface area contributed by atoms with Gasteiger partial charge in [0, 0.05) is 24.7 Å². The van der Waals surface area contributed by atoms with Gasteiger partial charge in [0.1, 0.15) is 23.3 Å². The summed E-state index contributed by atoms with van der Waals surface area (Å²) in [6.07, 6.45) is 1.78. The smallest absolute Gasteiger partial charge is 0.214 e. The first-order valence-corrected chi connectivity index (χ1v) is 13.8. The number of pyridine rings is 1. The molecular formula is C31H25FN4O2S. The highest BCUT2D eigenvalue weighted by molar-refractivity contribution is 7.18. The van der Waals surface area contributed by atoms with Crippen molar-refractivity contribution in [2.45, 2.75) is 32.1 Å². The summed E-state index contributed by atoms with van der Waals surface area (Å²) < 4.78 is 30.3. The van der Waals surface area contributed by atoms with E-state index in [9.17, 15) is 0 Å². The van der Waals surface area contributed by atoms with Gasteiger partial charge in [-0.25, -0.2) is 19.3 Å². The molecular weight excluding hydrogens is 511 g/mol. The van der Waals surface area contributed by atoms with Crippen molar-refractivity contribution in [3.8, 4) is 17.1 Å². The largest absolute Gasteiger partial charge is 0.470 e. The van der Waals surface area contributed by atoms with E-state index in [0.717, 1.165) is 57.2 Å². The van der Waals surface area contributed by atoms with Gasteiger partial charge in [-0.15, -0.1) is 11.3 Å². The lowest BCUT2D eigenvalue weighted by Gasteiger charge is -2.27. The molecule has 3 aromatic carbocycles. The lowest BCUT2D eigenvalue weighted by molar-refractivity contribution is -0.0589. The molecule has 4 heterocycles. The minimum absolute atomic E-state index is 0.204. The topological polar surface area (TPSA) is 62.1 Å². The van der Waals surface area contributed by atoms with Crippen LogP contribution in [0.4, 0.5) is 4.39 Å². The van der Waals surface area contributed by atoms with Crippen molar-refractivity contribution >= 4 is 32.6 Å². The number of para-hydroxylation sites is 3. The molecule has 0 N–H and O–H groups in total. The lowest BCUT2D eigenvalue weighted by atomic mass is 10.1. The Morgan fingerprint density at radius 2 is 1.77 bits per heavy atom. The molecule has 1 fully saturated rings. The molecule has 0 unspecified atom stereocenters.